The summed E-state index contributed by atoms with van der Waals surface area (Å²) in [6, 6.07) is 41.1. The van der Waals surface area contributed by atoms with Gasteiger partial charge in [-0.2, -0.15) is 365 Å². The highest BCUT2D eigenvalue weighted by Gasteiger charge is 2.27. The average Bonchev–Trinajstić information content (AvgIpc) is 0.877. The highest BCUT2D eigenvalue weighted by molar-refractivity contribution is 8.00. The van der Waals surface area contributed by atoms with Gasteiger partial charge in [-0.25, -0.2) is 0 Å². The van der Waals surface area contributed by atoms with Crippen molar-refractivity contribution in [2.24, 2.45) is 0 Å². The first-order valence-electron chi connectivity index (χ1n) is 44.0. The van der Waals surface area contributed by atoms with Crippen molar-refractivity contribution in [3.8, 4) is 0 Å². The Kier molecular flexibility index (Phi) is 151. The van der Waals surface area contributed by atoms with E-state index in [0.717, 1.165) is 127 Å². The van der Waals surface area contributed by atoms with Gasteiger partial charge in [0.1, 0.15) is 10.5 Å². The van der Waals surface area contributed by atoms with Crippen LogP contribution in [0.4, 0.5) is 0 Å². The van der Waals surface area contributed by atoms with Crippen molar-refractivity contribution in [1.29, 1.82) is 0 Å². The second-order valence-corrected chi connectivity index (χ2v) is 43.0. The highest BCUT2D eigenvalue weighted by atomic mass is 32.2. The summed E-state index contributed by atoms with van der Waals surface area (Å²) in [5.74, 6) is 14.3. The van der Waals surface area contributed by atoms with Gasteiger partial charge in [-0.3, -0.25) is 34.1 Å². The van der Waals surface area contributed by atoms with E-state index in [4.69, 9.17) is 55.8 Å². The van der Waals surface area contributed by atoms with Crippen LogP contribution in [0, 0.1) is 0 Å². The Morgan fingerprint density at radius 2 is 0.546 bits per heavy atom. The van der Waals surface area contributed by atoms with Gasteiger partial charge in [-0.05, 0) is 191 Å². The molecule has 2 amide bonds. The number of benzene rings is 5. The van der Waals surface area contributed by atoms with Crippen LogP contribution in [0.2, 0.25) is 0 Å². The number of carbonyl (C=O) groups is 6. The summed E-state index contributed by atoms with van der Waals surface area (Å²) in [4.78, 5) is 66.4. The Balaban J connectivity index is -0.000000164. The molecule has 0 bridgehead atoms. The quantitative estimate of drug-likeness (QED) is 0.0127. The molecule has 0 heterocycles. The van der Waals surface area contributed by atoms with Crippen molar-refractivity contribution in [2.45, 2.75) is 221 Å². The maximum atomic E-state index is 10.7. The topological polar surface area (TPSA) is 326 Å². The van der Waals surface area contributed by atoms with E-state index in [1.807, 2.05) is 54.2 Å². The maximum Gasteiger partial charge on any atom is 0.318 e. The SMILES string of the molecule is O=C(CCS)NC(=O)CCS.O=C(O)[C@@H](S)[C@@H](S)C(=O)O.O=C(O)[C@H](S)CC[C@H](S)C(=O)O.O[C@@H](CS)[C@@H](O)CS.O[C@H](CS)[C@@H](O)CS.O[C@H](CS)[C@H](O)CS.SCCCCCCCCCCS.SCCCCCS.SCCCCS.SCCOCCS.SCCSCCS.SCc1ccc(CS)cc1.SCc1cccc(CS)c1.SCc1ccccc1CS.Sc1ccc(Sc2ccc(S)cc2)cc1. The molecular formula is C91H161NO17S32. The molecule has 824 valence electrons. The molecule has 5 aromatic rings. The number of aliphatic hydroxyl groups excluding tert-OH is 6. The minimum atomic E-state index is -1.29. The molecule has 10 atom stereocenters. The predicted molar refractivity (Wildman–Crippen MR) is 714 cm³/mol. The molecule has 5 rings (SSSR count). The van der Waals surface area contributed by atoms with Crippen molar-refractivity contribution in [2.75, 3.05) is 128 Å². The molecule has 0 aliphatic heterocycles. The lowest BCUT2D eigenvalue weighted by molar-refractivity contribution is -0.142. The second-order valence-electron chi connectivity index (χ2n) is 27.8. The zero-order valence-electron chi connectivity index (χ0n) is 79.2. The van der Waals surface area contributed by atoms with E-state index in [2.05, 4.69) is 463 Å². The van der Waals surface area contributed by atoms with Crippen LogP contribution < -0.4 is 5.32 Å². The molecular weight excluding hydrogens is 2410 g/mol. The van der Waals surface area contributed by atoms with Gasteiger partial charge in [0.05, 0.1) is 60.3 Å². The number of thioether (sulfide) groups is 1. The normalized spacial score (nSPS) is 12.1. The molecule has 0 radical (unpaired) electrons. The van der Waals surface area contributed by atoms with Gasteiger partial charge in [0, 0.05) is 124 Å². The number of hydrogen-bond donors (Lipinski definition) is 41. The fraction of sp³-hybridized carbons (Fsp3) is 0.604. The van der Waals surface area contributed by atoms with Crippen molar-refractivity contribution in [3.63, 3.8) is 0 Å². The number of aliphatic hydroxyl groups is 6. The van der Waals surface area contributed by atoms with Gasteiger partial charge in [-0.1, -0.05) is 130 Å². The smallest absolute Gasteiger partial charge is 0.318 e. The molecule has 0 unspecified atom stereocenters. The molecule has 11 N–H and O–H groups in total. The number of carboxylic acid groups (broad SMARTS) is 4. The lowest BCUT2D eigenvalue weighted by Crippen LogP contribution is -2.31. The molecule has 18 nitrogen and oxygen atoms in total. The predicted octanol–water partition coefficient (Wildman–Crippen LogP) is 21.4. The van der Waals surface area contributed by atoms with Crippen molar-refractivity contribution in [1.82, 2.24) is 5.32 Å². The van der Waals surface area contributed by atoms with Crippen LogP contribution in [0.3, 0.4) is 0 Å². The lowest BCUT2D eigenvalue weighted by Gasteiger charge is -2.11. The monoisotopic (exact) mass is 2560 g/mol. The fourth-order valence-electron chi connectivity index (χ4n) is 8.02. The van der Waals surface area contributed by atoms with E-state index in [0.29, 0.717) is 11.5 Å². The summed E-state index contributed by atoms with van der Waals surface area (Å²) in [5, 5.41) is 83.8. The number of thiol groups is 30. The molecule has 0 aliphatic carbocycles. The maximum absolute atomic E-state index is 10.7. The van der Waals surface area contributed by atoms with Crippen molar-refractivity contribution >= 4 is 438 Å². The second kappa shape index (κ2) is 129. The molecule has 0 saturated carbocycles. The van der Waals surface area contributed by atoms with E-state index in [9.17, 15) is 28.8 Å². The summed E-state index contributed by atoms with van der Waals surface area (Å²) < 4.78 is 4.98. The number of aliphatic carboxylic acids is 4. The molecule has 0 aromatic heterocycles. The number of carboxylic acids is 4. The third-order valence-corrected chi connectivity index (χ3v) is 29.0. The molecule has 141 heavy (non-hydrogen) atoms. The molecule has 0 fully saturated rings. The summed E-state index contributed by atoms with van der Waals surface area (Å²) in [7, 11) is 0. The Bertz CT molecular complexity index is 3250. The Morgan fingerprint density at radius 3 is 0.759 bits per heavy atom. The van der Waals surface area contributed by atoms with E-state index in [1.165, 1.54) is 127 Å². The number of imide groups is 1. The first kappa shape index (κ1) is 165. The molecule has 0 saturated heterocycles. The standard InChI is InChI=1S/C12H10S3.C10H22S2.3C8H10S2.C6H11NO2S2.C6H10O4S2.C5H12S2.C4H6O4S2.3C4H10O2S2.C4H10OS2.C4H10S3.C4H10S2/c13-9-1-5-11(6-2-9)15-12-7-3-10(14)4-8-12;11-9-7-5-3-1-2-4-6-8-10-12;9-5-7-1-2-8(6-10)4-3-7;9-5-7-2-1-3-8(4-7)6-10;9-5-7-3-1-2-4-8(7)6-10;8-5(1-3-10)7-6(9)2-4-11;7-5(8)3(11)1-2-4(12)6(9)10;6-4-2-1-3-5-7;5-3(6)1(9)2(10)4(7)8;3*5-3(1-7)4(6)2-8;6-3-1-5-2-4-7;5-1-3-7-4-2-6;5-3-1-2-4-6/h1-8,13-14H;11-12H,1-10H2;3*1-4,9-10H,5-6H2;10-11H,1-4H2,(H,7,8,9);3-4,11-12H,1-2H2,(H,7,8)(H,9,10);6-7H,1-5H2;1-2,9-10H,(H,5,6)(H,7,8);3*3-8H,1-2H2;6-7H,1-4H2;5-6H,1-4H2;5-6H,1-4H2/t;;;;;;3-,4+;;1-,2+;3-,4+;2*3-,4-;;;/m..........10.../s1. The number of unbranched alkanes of at least 4 members (excludes halogenated alkanes) is 10. The number of carbonyl (C=O) groups excluding carboxylic acids is 2. The van der Waals surface area contributed by atoms with Gasteiger partial charge in [0.25, 0.3) is 0 Å². The van der Waals surface area contributed by atoms with Crippen LogP contribution >= 0.6 is 402 Å². The van der Waals surface area contributed by atoms with Crippen LogP contribution in [0.25, 0.3) is 0 Å². The zero-order chi connectivity index (χ0) is 110. The van der Waals surface area contributed by atoms with Gasteiger partial charge in [0.15, 0.2) is 0 Å². The van der Waals surface area contributed by atoms with Gasteiger partial charge < -0.3 is 55.8 Å². The third kappa shape index (κ3) is 122. The molecule has 0 aliphatic rings. The van der Waals surface area contributed by atoms with Gasteiger partial charge in [-0.15, -0.1) is 25.3 Å². The van der Waals surface area contributed by atoms with Gasteiger partial charge >= 0.3 is 23.9 Å². The molecule has 5 aromatic carbocycles. The molecule has 50 heteroatoms. The fourth-order valence-corrected chi connectivity index (χ4v) is 15.8. The third-order valence-electron chi connectivity index (χ3n) is 16.0. The minimum Gasteiger partial charge on any atom is -0.480 e. The van der Waals surface area contributed by atoms with E-state index < -0.39 is 81.5 Å². The first-order chi connectivity index (χ1) is 67.2. The lowest BCUT2D eigenvalue weighted by atomic mass is 10.1. The summed E-state index contributed by atoms with van der Waals surface area (Å²) in [6.07, 6.45) is 13.7. The van der Waals surface area contributed by atoms with Gasteiger partial charge in [0.2, 0.25) is 11.8 Å². The number of hydrogen-bond acceptors (Lipinski definition) is 45. The summed E-state index contributed by atoms with van der Waals surface area (Å²) in [5.41, 5.74) is 7.59. The van der Waals surface area contributed by atoms with E-state index in [-0.39, 0.29) is 72.0 Å². The number of amides is 2. The number of rotatable bonds is 53. The highest BCUT2D eigenvalue weighted by Crippen LogP contribution is 2.29. The van der Waals surface area contributed by atoms with Crippen LogP contribution in [0.5, 0.6) is 0 Å². The minimum absolute atomic E-state index is 0.207. The van der Waals surface area contributed by atoms with Crippen molar-refractivity contribution < 1.29 is 84.6 Å². The largest absolute Gasteiger partial charge is 0.480 e. The summed E-state index contributed by atoms with van der Waals surface area (Å²) >= 11 is 122. The first-order valence-corrected chi connectivity index (χ1v) is 64.1. The van der Waals surface area contributed by atoms with Crippen LogP contribution in [-0.2, 0) is 68.0 Å². The number of nitrogens with one attached hydrogen (secondary N) is 1. The van der Waals surface area contributed by atoms with Crippen LogP contribution in [0.15, 0.2) is 141 Å². The van der Waals surface area contributed by atoms with Crippen LogP contribution in [0.1, 0.15) is 143 Å². The van der Waals surface area contributed by atoms with E-state index in [1.54, 1.807) is 11.8 Å². The molecule has 0 spiro atoms. The average molecular weight is 2570 g/mol. The summed E-state index contributed by atoms with van der Waals surface area (Å²) in [6.45, 7) is 1.48. The zero-order valence-corrected chi connectivity index (χ0v) is 108. The van der Waals surface area contributed by atoms with Crippen LogP contribution in [-0.4, -0.2) is 273 Å². The van der Waals surface area contributed by atoms with Crippen molar-refractivity contribution in [3.05, 3.63) is 155 Å². The Hall–Kier alpha value is 4.04. The Morgan fingerprint density at radius 1 is 0.291 bits per heavy atom. The van der Waals surface area contributed by atoms with E-state index >= 15 is 0 Å². The number of ether oxygens (including phenoxy) is 1. The Labute approximate surface area is 1020 Å².